The van der Waals surface area contributed by atoms with Crippen molar-refractivity contribution in [3.63, 3.8) is 0 Å². The lowest BCUT2D eigenvalue weighted by atomic mass is 9.95. The zero-order valence-corrected chi connectivity index (χ0v) is 11.1. The number of hydrogen-bond acceptors (Lipinski definition) is 4. The van der Waals surface area contributed by atoms with Crippen LogP contribution in [-0.4, -0.2) is 22.7 Å². The average Bonchev–Trinajstić information content (AvgIpc) is 2.84. The molecule has 2 atom stereocenters. The Hall–Kier alpha value is -0.450. The Bertz CT molecular complexity index is 340. The highest BCUT2D eigenvalue weighted by Gasteiger charge is 2.23. The zero-order chi connectivity index (χ0) is 12.1. The van der Waals surface area contributed by atoms with Crippen molar-refractivity contribution in [3.8, 4) is 0 Å². The van der Waals surface area contributed by atoms with Crippen LogP contribution in [0.4, 0.5) is 0 Å². The summed E-state index contributed by atoms with van der Waals surface area (Å²) in [6.07, 6.45) is 7.47. The van der Waals surface area contributed by atoms with Crippen molar-refractivity contribution in [1.29, 1.82) is 0 Å². The lowest BCUT2D eigenvalue weighted by molar-refractivity contribution is 0.241. The van der Waals surface area contributed by atoms with Gasteiger partial charge in [0.25, 0.3) is 0 Å². The maximum Gasteiger partial charge on any atom is 0.129 e. The van der Waals surface area contributed by atoms with E-state index < -0.39 is 0 Å². The molecule has 4 heteroatoms. The highest BCUT2D eigenvalue weighted by atomic mass is 32.2. The Kier molecular flexibility index (Phi) is 4.95. The predicted octanol–water partition coefficient (Wildman–Crippen LogP) is 2.54. The van der Waals surface area contributed by atoms with Crippen molar-refractivity contribution in [2.75, 3.05) is 6.26 Å². The Morgan fingerprint density at radius 1 is 1.35 bits per heavy atom. The molecule has 0 aliphatic heterocycles. The van der Waals surface area contributed by atoms with Crippen LogP contribution in [0.15, 0.2) is 16.5 Å². The van der Waals surface area contributed by atoms with Crippen molar-refractivity contribution in [1.82, 2.24) is 5.32 Å². The third-order valence-electron chi connectivity index (χ3n) is 3.42. The fourth-order valence-corrected chi connectivity index (χ4v) is 3.41. The third kappa shape index (κ3) is 3.50. The molecule has 0 spiro atoms. The van der Waals surface area contributed by atoms with Gasteiger partial charge in [0.05, 0.1) is 6.54 Å². The van der Waals surface area contributed by atoms with Crippen LogP contribution in [0.2, 0.25) is 0 Å². The highest BCUT2D eigenvalue weighted by Crippen LogP contribution is 2.27. The van der Waals surface area contributed by atoms with Gasteiger partial charge in [-0.2, -0.15) is 11.8 Å². The van der Waals surface area contributed by atoms with Gasteiger partial charge >= 0.3 is 0 Å². The summed E-state index contributed by atoms with van der Waals surface area (Å²) in [5, 5.41) is 13.2. The van der Waals surface area contributed by atoms with Gasteiger partial charge in [-0.25, -0.2) is 0 Å². The predicted molar refractivity (Wildman–Crippen MR) is 71.0 cm³/mol. The number of thioether (sulfide) groups is 1. The number of furan rings is 1. The summed E-state index contributed by atoms with van der Waals surface area (Å²) in [6.45, 7) is 0.749. The highest BCUT2D eigenvalue weighted by molar-refractivity contribution is 7.99. The minimum atomic E-state index is -0.0170. The van der Waals surface area contributed by atoms with E-state index in [4.69, 9.17) is 9.52 Å². The third-order valence-corrected chi connectivity index (χ3v) is 4.59. The Morgan fingerprint density at radius 3 is 2.82 bits per heavy atom. The van der Waals surface area contributed by atoms with E-state index in [0.717, 1.165) is 17.6 Å². The SMILES string of the molecule is CSC1CCCCC1NCc1ccc(CO)o1. The molecule has 1 aliphatic carbocycles. The fourth-order valence-electron chi connectivity index (χ4n) is 2.45. The Morgan fingerprint density at radius 2 is 2.12 bits per heavy atom. The van der Waals surface area contributed by atoms with E-state index >= 15 is 0 Å². The molecule has 0 saturated heterocycles. The standard InChI is InChI=1S/C13H21NO2S/c1-17-13-5-3-2-4-12(13)14-8-10-6-7-11(9-15)16-10/h6-7,12-15H,2-5,8-9H2,1H3. The van der Waals surface area contributed by atoms with Gasteiger partial charge in [-0.3, -0.25) is 0 Å². The van der Waals surface area contributed by atoms with Gasteiger partial charge < -0.3 is 14.8 Å². The van der Waals surface area contributed by atoms with E-state index in [-0.39, 0.29) is 6.61 Å². The summed E-state index contributed by atoms with van der Waals surface area (Å²) in [5.41, 5.74) is 0. The van der Waals surface area contributed by atoms with Gasteiger partial charge in [-0.05, 0) is 31.2 Å². The molecule has 0 radical (unpaired) electrons. The first-order chi connectivity index (χ1) is 8.33. The molecule has 1 fully saturated rings. The summed E-state index contributed by atoms with van der Waals surface area (Å²) in [5.74, 6) is 1.56. The molecule has 17 heavy (non-hydrogen) atoms. The maximum atomic E-state index is 8.93. The van der Waals surface area contributed by atoms with E-state index in [0.29, 0.717) is 11.8 Å². The largest absolute Gasteiger partial charge is 0.462 e. The smallest absolute Gasteiger partial charge is 0.129 e. The molecule has 1 aromatic heterocycles. The molecule has 0 amide bonds. The quantitative estimate of drug-likeness (QED) is 0.848. The van der Waals surface area contributed by atoms with Crippen LogP contribution in [0.25, 0.3) is 0 Å². The van der Waals surface area contributed by atoms with Crippen molar-refractivity contribution in [2.24, 2.45) is 0 Å². The normalized spacial score (nSPS) is 25.1. The van der Waals surface area contributed by atoms with E-state index in [1.165, 1.54) is 25.7 Å². The van der Waals surface area contributed by atoms with Crippen molar-refractivity contribution >= 4 is 11.8 Å². The molecule has 1 aromatic rings. The van der Waals surface area contributed by atoms with E-state index in [9.17, 15) is 0 Å². The average molecular weight is 255 g/mol. The minimum absolute atomic E-state index is 0.0170. The molecule has 0 aromatic carbocycles. The van der Waals surface area contributed by atoms with Crippen LogP contribution in [-0.2, 0) is 13.2 Å². The molecule has 0 bridgehead atoms. The first-order valence-electron chi connectivity index (χ1n) is 6.28. The summed E-state index contributed by atoms with van der Waals surface area (Å²) in [4.78, 5) is 0. The fraction of sp³-hybridized carbons (Fsp3) is 0.692. The molecular weight excluding hydrogens is 234 g/mol. The van der Waals surface area contributed by atoms with Gasteiger partial charge in [0.2, 0.25) is 0 Å². The molecule has 96 valence electrons. The molecule has 2 N–H and O–H groups in total. The zero-order valence-electron chi connectivity index (χ0n) is 10.3. The van der Waals surface area contributed by atoms with Crippen LogP contribution < -0.4 is 5.32 Å². The molecule has 3 nitrogen and oxygen atoms in total. The van der Waals surface area contributed by atoms with Gasteiger partial charge in [0.1, 0.15) is 18.1 Å². The number of aliphatic hydroxyl groups is 1. The van der Waals surface area contributed by atoms with Crippen molar-refractivity contribution < 1.29 is 9.52 Å². The van der Waals surface area contributed by atoms with Gasteiger partial charge in [-0.1, -0.05) is 12.8 Å². The second kappa shape index (κ2) is 6.47. The molecule has 1 heterocycles. The van der Waals surface area contributed by atoms with E-state index in [2.05, 4.69) is 11.6 Å². The molecular formula is C13H21NO2S. The molecule has 2 unspecified atom stereocenters. The van der Waals surface area contributed by atoms with E-state index in [1.54, 1.807) is 0 Å². The topological polar surface area (TPSA) is 45.4 Å². The molecule has 1 saturated carbocycles. The van der Waals surface area contributed by atoms with Gasteiger partial charge in [0, 0.05) is 11.3 Å². The van der Waals surface area contributed by atoms with E-state index in [1.807, 2.05) is 23.9 Å². The van der Waals surface area contributed by atoms with Crippen LogP contribution in [0.5, 0.6) is 0 Å². The van der Waals surface area contributed by atoms with Gasteiger partial charge in [0.15, 0.2) is 0 Å². The summed E-state index contributed by atoms with van der Waals surface area (Å²) in [6, 6.07) is 4.38. The van der Waals surface area contributed by atoms with Crippen LogP contribution >= 0.6 is 11.8 Å². The molecule has 1 aliphatic rings. The lowest BCUT2D eigenvalue weighted by Gasteiger charge is -2.30. The number of aliphatic hydroxyl groups excluding tert-OH is 1. The van der Waals surface area contributed by atoms with Crippen LogP contribution in [0, 0.1) is 0 Å². The first kappa shape index (κ1) is 13.0. The summed E-state index contributed by atoms with van der Waals surface area (Å²) >= 11 is 1.97. The van der Waals surface area contributed by atoms with Crippen LogP contribution in [0.1, 0.15) is 37.2 Å². The van der Waals surface area contributed by atoms with Crippen molar-refractivity contribution in [2.45, 2.75) is 50.1 Å². The van der Waals surface area contributed by atoms with Crippen LogP contribution in [0.3, 0.4) is 0 Å². The number of nitrogens with one attached hydrogen (secondary N) is 1. The summed E-state index contributed by atoms with van der Waals surface area (Å²) < 4.78 is 5.47. The number of rotatable bonds is 5. The lowest BCUT2D eigenvalue weighted by Crippen LogP contribution is -2.39. The maximum absolute atomic E-state index is 8.93. The van der Waals surface area contributed by atoms with Crippen molar-refractivity contribution in [3.05, 3.63) is 23.7 Å². The number of hydrogen-bond donors (Lipinski definition) is 2. The minimum Gasteiger partial charge on any atom is -0.462 e. The summed E-state index contributed by atoms with van der Waals surface area (Å²) in [7, 11) is 0. The monoisotopic (exact) mass is 255 g/mol. The second-order valence-electron chi connectivity index (χ2n) is 4.57. The Balaban J connectivity index is 1.83. The Labute approximate surface area is 107 Å². The van der Waals surface area contributed by atoms with Gasteiger partial charge in [-0.15, -0.1) is 0 Å². The molecule has 2 rings (SSSR count). The second-order valence-corrected chi connectivity index (χ2v) is 5.65. The first-order valence-corrected chi connectivity index (χ1v) is 7.57.